The Bertz CT molecular complexity index is 207. The maximum atomic E-state index is 4.17. The van der Waals surface area contributed by atoms with E-state index in [1.165, 1.54) is 4.88 Å². The van der Waals surface area contributed by atoms with Gasteiger partial charge in [-0.25, -0.2) is 4.98 Å². The van der Waals surface area contributed by atoms with Crippen LogP contribution in [-0.4, -0.2) is 9.81 Å². The van der Waals surface area contributed by atoms with Crippen LogP contribution in [0, 0.1) is 6.92 Å². The third kappa shape index (κ3) is 2.39. The zero-order chi connectivity index (χ0) is 7.56. The minimum atomic E-state index is 0.562. The standard InChI is InChI=1S/C7H10BrNS/c1-5(8)3-7-4-9-6(2)10-7/h4-5H,3H2,1-2H3. The van der Waals surface area contributed by atoms with E-state index in [0.29, 0.717) is 4.83 Å². The number of hydrogen-bond donors (Lipinski definition) is 0. The molecule has 0 aliphatic heterocycles. The summed E-state index contributed by atoms with van der Waals surface area (Å²) in [4.78, 5) is 6.09. The molecule has 3 heteroatoms. The lowest BCUT2D eigenvalue weighted by atomic mass is 10.3. The first kappa shape index (κ1) is 8.21. The van der Waals surface area contributed by atoms with Crippen molar-refractivity contribution in [1.29, 1.82) is 0 Å². The van der Waals surface area contributed by atoms with Crippen LogP contribution in [-0.2, 0) is 6.42 Å². The smallest absolute Gasteiger partial charge is 0.0896 e. The number of thiazole rings is 1. The van der Waals surface area contributed by atoms with Gasteiger partial charge in [0.25, 0.3) is 0 Å². The van der Waals surface area contributed by atoms with Crippen molar-refractivity contribution in [2.45, 2.75) is 25.1 Å². The Kier molecular flexibility index (Phi) is 2.86. The molecule has 1 unspecified atom stereocenters. The number of rotatable bonds is 2. The quantitative estimate of drug-likeness (QED) is 0.698. The third-order valence-corrected chi connectivity index (χ3v) is 2.41. The van der Waals surface area contributed by atoms with Crippen molar-refractivity contribution < 1.29 is 0 Å². The molecule has 0 aromatic carbocycles. The lowest BCUT2D eigenvalue weighted by molar-refractivity contribution is 0.975. The van der Waals surface area contributed by atoms with Crippen molar-refractivity contribution in [2.24, 2.45) is 0 Å². The van der Waals surface area contributed by atoms with E-state index in [1.807, 2.05) is 13.1 Å². The molecular formula is C7H10BrNS. The Morgan fingerprint density at radius 3 is 2.90 bits per heavy atom. The Morgan fingerprint density at radius 2 is 2.50 bits per heavy atom. The molecule has 1 nitrogen and oxygen atoms in total. The fourth-order valence-corrected chi connectivity index (χ4v) is 2.26. The number of halogens is 1. The summed E-state index contributed by atoms with van der Waals surface area (Å²) in [6.07, 6.45) is 3.04. The summed E-state index contributed by atoms with van der Waals surface area (Å²) < 4.78 is 0. The minimum absolute atomic E-state index is 0.562. The highest BCUT2D eigenvalue weighted by Crippen LogP contribution is 2.16. The maximum absolute atomic E-state index is 4.17. The van der Waals surface area contributed by atoms with Crippen LogP contribution in [0.1, 0.15) is 16.8 Å². The van der Waals surface area contributed by atoms with Crippen molar-refractivity contribution >= 4 is 27.3 Å². The number of aryl methyl sites for hydroxylation is 1. The van der Waals surface area contributed by atoms with Crippen LogP contribution in [0.4, 0.5) is 0 Å². The summed E-state index contributed by atoms with van der Waals surface area (Å²) in [7, 11) is 0. The zero-order valence-corrected chi connectivity index (χ0v) is 8.50. The van der Waals surface area contributed by atoms with Gasteiger partial charge in [-0.05, 0) is 13.3 Å². The predicted octanol–water partition coefficient (Wildman–Crippen LogP) is 2.78. The van der Waals surface area contributed by atoms with E-state index >= 15 is 0 Å². The first-order valence-electron chi connectivity index (χ1n) is 3.24. The van der Waals surface area contributed by atoms with E-state index < -0.39 is 0 Å². The summed E-state index contributed by atoms with van der Waals surface area (Å²) in [6, 6.07) is 0. The molecule has 0 fully saturated rings. The maximum Gasteiger partial charge on any atom is 0.0896 e. The predicted molar refractivity (Wildman–Crippen MR) is 48.9 cm³/mol. The summed E-state index contributed by atoms with van der Waals surface area (Å²) in [5, 5.41) is 1.16. The van der Waals surface area contributed by atoms with Gasteiger partial charge in [-0.2, -0.15) is 0 Å². The molecule has 0 spiro atoms. The number of alkyl halides is 1. The van der Waals surface area contributed by atoms with Crippen molar-refractivity contribution in [3.63, 3.8) is 0 Å². The second-order valence-corrected chi connectivity index (χ2v) is 5.21. The highest BCUT2D eigenvalue weighted by atomic mass is 79.9. The normalized spacial score (nSPS) is 13.5. The van der Waals surface area contributed by atoms with Crippen molar-refractivity contribution in [3.8, 4) is 0 Å². The summed E-state index contributed by atoms with van der Waals surface area (Å²) in [5.74, 6) is 0. The summed E-state index contributed by atoms with van der Waals surface area (Å²) in [5.41, 5.74) is 0. The lowest BCUT2D eigenvalue weighted by Gasteiger charge is -1.96. The van der Waals surface area contributed by atoms with Crippen LogP contribution in [0.2, 0.25) is 0 Å². The molecule has 0 aliphatic carbocycles. The van der Waals surface area contributed by atoms with E-state index in [4.69, 9.17) is 0 Å². The molecule has 1 aromatic heterocycles. The van der Waals surface area contributed by atoms with Gasteiger partial charge in [-0.3, -0.25) is 0 Å². The van der Waals surface area contributed by atoms with Gasteiger partial charge in [-0.15, -0.1) is 11.3 Å². The third-order valence-electron chi connectivity index (χ3n) is 1.15. The van der Waals surface area contributed by atoms with Gasteiger partial charge in [0.1, 0.15) is 0 Å². The van der Waals surface area contributed by atoms with Gasteiger partial charge in [-0.1, -0.05) is 22.9 Å². The van der Waals surface area contributed by atoms with Crippen LogP contribution >= 0.6 is 27.3 Å². The van der Waals surface area contributed by atoms with Gasteiger partial charge in [0.05, 0.1) is 5.01 Å². The van der Waals surface area contributed by atoms with Crippen LogP contribution < -0.4 is 0 Å². The second-order valence-electron chi connectivity index (χ2n) is 2.33. The Morgan fingerprint density at radius 1 is 1.80 bits per heavy atom. The molecule has 1 heterocycles. The molecule has 0 saturated heterocycles. The number of aromatic nitrogens is 1. The van der Waals surface area contributed by atoms with Gasteiger partial charge < -0.3 is 0 Å². The lowest BCUT2D eigenvalue weighted by Crippen LogP contribution is -1.92. The molecule has 0 aliphatic rings. The van der Waals surface area contributed by atoms with E-state index in [1.54, 1.807) is 11.3 Å². The topological polar surface area (TPSA) is 12.9 Å². The average Bonchev–Trinajstić information content (AvgIpc) is 2.13. The Balaban J connectivity index is 2.58. The fraction of sp³-hybridized carbons (Fsp3) is 0.571. The van der Waals surface area contributed by atoms with E-state index in [2.05, 4.69) is 27.8 Å². The van der Waals surface area contributed by atoms with Crippen LogP contribution in [0.15, 0.2) is 6.20 Å². The van der Waals surface area contributed by atoms with Crippen molar-refractivity contribution in [2.75, 3.05) is 0 Å². The molecule has 10 heavy (non-hydrogen) atoms. The van der Waals surface area contributed by atoms with E-state index in [0.717, 1.165) is 11.4 Å². The molecule has 56 valence electrons. The SMILES string of the molecule is Cc1ncc(CC(C)Br)s1. The van der Waals surface area contributed by atoms with Crippen LogP contribution in [0.5, 0.6) is 0 Å². The molecule has 1 aromatic rings. The zero-order valence-electron chi connectivity index (χ0n) is 6.10. The van der Waals surface area contributed by atoms with Gasteiger partial charge >= 0.3 is 0 Å². The molecule has 1 rings (SSSR count). The highest BCUT2D eigenvalue weighted by molar-refractivity contribution is 9.09. The van der Waals surface area contributed by atoms with Crippen LogP contribution in [0.3, 0.4) is 0 Å². The molecule has 0 radical (unpaired) electrons. The molecule has 0 amide bonds. The van der Waals surface area contributed by atoms with Crippen molar-refractivity contribution in [3.05, 3.63) is 16.1 Å². The average molecular weight is 220 g/mol. The molecule has 0 bridgehead atoms. The molecular weight excluding hydrogens is 210 g/mol. The van der Waals surface area contributed by atoms with Crippen LogP contribution in [0.25, 0.3) is 0 Å². The molecule has 0 saturated carbocycles. The fourth-order valence-electron chi connectivity index (χ4n) is 0.777. The van der Waals surface area contributed by atoms with E-state index in [9.17, 15) is 0 Å². The number of hydrogen-bond acceptors (Lipinski definition) is 2. The molecule has 1 atom stereocenters. The molecule has 0 N–H and O–H groups in total. The number of nitrogens with zero attached hydrogens (tertiary/aromatic N) is 1. The Labute approximate surface area is 73.6 Å². The van der Waals surface area contributed by atoms with Crippen molar-refractivity contribution in [1.82, 2.24) is 4.98 Å². The monoisotopic (exact) mass is 219 g/mol. The van der Waals surface area contributed by atoms with E-state index in [-0.39, 0.29) is 0 Å². The second kappa shape index (κ2) is 3.49. The first-order valence-corrected chi connectivity index (χ1v) is 4.97. The largest absolute Gasteiger partial charge is 0.250 e. The summed E-state index contributed by atoms with van der Waals surface area (Å²) in [6.45, 7) is 4.18. The Hall–Kier alpha value is 0.110. The highest BCUT2D eigenvalue weighted by Gasteiger charge is 2.01. The van der Waals surface area contributed by atoms with Gasteiger partial charge in [0, 0.05) is 15.9 Å². The van der Waals surface area contributed by atoms with Gasteiger partial charge in [0.15, 0.2) is 0 Å². The first-order chi connectivity index (χ1) is 4.68. The van der Waals surface area contributed by atoms with Gasteiger partial charge in [0.2, 0.25) is 0 Å². The summed E-state index contributed by atoms with van der Waals surface area (Å²) >= 11 is 5.27. The minimum Gasteiger partial charge on any atom is -0.250 e.